The summed E-state index contributed by atoms with van der Waals surface area (Å²) in [4.78, 5) is 2.36. The van der Waals surface area contributed by atoms with Gasteiger partial charge in [0.25, 0.3) is 0 Å². The molecule has 0 rings (SSSR count). The molecule has 0 bridgehead atoms. The molecule has 0 aromatic heterocycles. The van der Waals surface area contributed by atoms with Crippen molar-refractivity contribution in [1.82, 2.24) is 4.90 Å². The average molecular weight is 227 g/mol. The van der Waals surface area contributed by atoms with E-state index in [0.717, 1.165) is 11.8 Å². The van der Waals surface area contributed by atoms with Crippen LogP contribution in [0.1, 0.15) is 60.3 Å². The Balaban J connectivity index is 4.81. The van der Waals surface area contributed by atoms with Crippen molar-refractivity contribution in [3.05, 3.63) is 0 Å². The van der Waals surface area contributed by atoms with Gasteiger partial charge >= 0.3 is 0 Å². The molecule has 0 aromatic rings. The van der Waals surface area contributed by atoms with Gasteiger partial charge in [-0.15, -0.1) is 0 Å². The molecule has 3 unspecified atom stereocenters. The lowest BCUT2D eigenvalue weighted by Gasteiger charge is -2.42. The van der Waals surface area contributed by atoms with Gasteiger partial charge < -0.3 is 4.90 Å². The summed E-state index contributed by atoms with van der Waals surface area (Å²) in [7, 11) is 4.41. The van der Waals surface area contributed by atoms with Gasteiger partial charge in [-0.3, -0.25) is 0 Å². The Hall–Kier alpha value is -0.0400. The quantitative estimate of drug-likeness (QED) is 0.593. The van der Waals surface area contributed by atoms with Crippen molar-refractivity contribution in [2.24, 2.45) is 17.3 Å². The fourth-order valence-electron chi connectivity index (χ4n) is 3.54. The number of nitrogens with zero attached hydrogens (tertiary/aromatic N) is 1. The third-order valence-corrected chi connectivity index (χ3v) is 4.16. The predicted octanol–water partition coefficient (Wildman–Crippen LogP) is 4.43. The second kappa shape index (κ2) is 7.32. The van der Waals surface area contributed by atoms with Crippen LogP contribution < -0.4 is 0 Å². The van der Waals surface area contributed by atoms with Crippen LogP contribution in [0.25, 0.3) is 0 Å². The van der Waals surface area contributed by atoms with Crippen molar-refractivity contribution in [3.63, 3.8) is 0 Å². The summed E-state index contributed by atoms with van der Waals surface area (Å²) in [5.41, 5.74) is 0.489. The molecule has 0 aromatic carbocycles. The molecule has 0 aliphatic rings. The van der Waals surface area contributed by atoms with Crippen LogP contribution >= 0.6 is 0 Å². The molecule has 3 atom stereocenters. The molecule has 0 radical (unpaired) electrons. The first-order valence-electron chi connectivity index (χ1n) is 7.05. The van der Waals surface area contributed by atoms with Crippen LogP contribution in [-0.4, -0.2) is 25.5 Å². The van der Waals surface area contributed by atoms with Crippen LogP contribution in [0, 0.1) is 17.3 Å². The summed E-state index contributed by atoms with van der Waals surface area (Å²) >= 11 is 0. The lowest BCUT2D eigenvalue weighted by Crippen LogP contribution is -2.40. The van der Waals surface area contributed by atoms with Crippen LogP contribution in [0.5, 0.6) is 0 Å². The summed E-state index contributed by atoms with van der Waals surface area (Å²) < 4.78 is 0. The summed E-state index contributed by atoms with van der Waals surface area (Å²) in [5, 5.41) is 0. The summed E-state index contributed by atoms with van der Waals surface area (Å²) in [5.74, 6) is 1.71. The van der Waals surface area contributed by atoms with E-state index in [1.165, 1.54) is 32.2 Å². The zero-order chi connectivity index (χ0) is 12.8. The van der Waals surface area contributed by atoms with E-state index in [2.05, 4.69) is 53.6 Å². The van der Waals surface area contributed by atoms with Crippen LogP contribution in [-0.2, 0) is 0 Å². The van der Waals surface area contributed by atoms with Gasteiger partial charge in [-0.2, -0.15) is 0 Å². The maximum atomic E-state index is 2.50. The minimum atomic E-state index is 0.489. The van der Waals surface area contributed by atoms with E-state index in [0.29, 0.717) is 5.41 Å². The van der Waals surface area contributed by atoms with Gasteiger partial charge in [0.2, 0.25) is 0 Å². The maximum Gasteiger partial charge on any atom is 0.00320 e. The molecule has 0 saturated carbocycles. The fraction of sp³-hybridized carbons (Fsp3) is 1.00. The largest absolute Gasteiger partial charge is 0.309 e. The Labute approximate surface area is 104 Å². The van der Waals surface area contributed by atoms with E-state index in [1.54, 1.807) is 0 Å². The summed E-state index contributed by atoms with van der Waals surface area (Å²) in [6.07, 6.45) is 5.29. The zero-order valence-corrected chi connectivity index (χ0v) is 12.6. The van der Waals surface area contributed by atoms with Crippen molar-refractivity contribution >= 4 is 0 Å². The first kappa shape index (κ1) is 16.0. The van der Waals surface area contributed by atoms with Crippen molar-refractivity contribution < 1.29 is 0 Å². The normalized spacial score (nSPS) is 19.5. The van der Waals surface area contributed by atoms with Crippen LogP contribution in [0.4, 0.5) is 0 Å². The van der Waals surface area contributed by atoms with Crippen molar-refractivity contribution in [1.29, 1.82) is 0 Å². The first-order valence-corrected chi connectivity index (χ1v) is 7.05. The van der Waals surface area contributed by atoms with Gasteiger partial charge in [-0.1, -0.05) is 53.9 Å². The first-order chi connectivity index (χ1) is 7.41. The third-order valence-electron chi connectivity index (χ3n) is 4.16. The molecule has 98 valence electrons. The Morgan fingerprint density at radius 3 is 1.94 bits per heavy atom. The predicted molar refractivity (Wildman–Crippen MR) is 74.8 cm³/mol. The van der Waals surface area contributed by atoms with E-state index in [9.17, 15) is 0 Å². The minimum Gasteiger partial charge on any atom is -0.309 e. The van der Waals surface area contributed by atoms with E-state index >= 15 is 0 Å². The fourth-order valence-corrected chi connectivity index (χ4v) is 3.54. The SMILES string of the molecule is CCCC(C)(CN(C)C)C(CC)C(C)CC. The molecule has 0 saturated heterocycles. The third kappa shape index (κ3) is 4.45. The second-order valence-corrected chi connectivity index (χ2v) is 6.04. The molecule has 0 amide bonds. The van der Waals surface area contributed by atoms with E-state index in [-0.39, 0.29) is 0 Å². The highest BCUT2D eigenvalue weighted by Crippen LogP contribution is 2.40. The van der Waals surface area contributed by atoms with Crippen LogP contribution in [0.3, 0.4) is 0 Å². The topological polar surface area (TPSA) is 3.24 Å². The Morgan fingerprint density at radius 1 is 1.06 bits per heavy atom. The molecule has 0 aliphatic heterocycles. The Morgan fingerprint density at radius 2 is 1.62 bits per heavy atom. The van der Waals surface area contributed by atoms with E-state index in [1.807, 2.05) is 0 Å². The molecule has 1 nitrogen and oxygen atoms in total. The van der Waals surface area contributed by atoms with Gasteiger partial charge in [0.1, 0.15) is 0 Å². The van der Waals surface area contributed by atoms with Gasteiger partial charge in [0.05, 0.1) is 0 Å². The summed E-state index contributed by atoms with van der Waals surface area (Å²) in [6.45, 7) is 13.2. The number of hydrogen-bond acceptors (Lipinski definition) is 1. The molecule has 0 fully saturated rings. The van der Waals surface area contributed by atoms with Gasteiger partial charge in [-0.25, -0.2) is 0 Å². The molecule has 0 aliphatic carbocycles. The molecule has 0 N–H and O–H groups in total. The molecular weight excluding hydrogens is 194 g/mol. The smallest absolute Gasteiger partial charge is 0.00320 e. The second-order valence-electron chi connectivity index (χ2n) is 6.04. The van der Waals surface area contributed by atoms with Crippen molar-refractivity contribution in [2.75, 3.05) is 20.6 Å². The standard InChI is InChI=1S/C15H33N/c1-8-11-15(5,12-16(6)7)14(10-3)13(4)9-2/h13-14H,8-12H2,1-7H3. The van der Waals surface area contributed by atoms with Gasteiger partial charge in [0.15, 0.2) is 0 Å². The minimum absolute atomic E-state index is 0.489. The molecular formula is C15H33N. The molecule has 0 heterocycles. The Kier molecular flexibility index (Phi) is 7.30. The van der Waals surface area contributed by atoms with Crippen molar-refractivity contribution in [2.45, 2.75) is 60.3 Å². The molecule has 16 heavy (non-hydrogen) atoms. The highest BCUT2D eigenvalue weighted by molar-refractivity contribution is 4.86. The van der Waals surface area contributed by atoms with E-state index < -0.39 is 0 Å². The highest BCUT2D eigenvalue weighted by Gasteiger charge is 2.35. The van der Waals surface area contributed by atoms with Gasteiger partial charge in [0, 0.05) is 6.54 Å². The summed E-state index contributed by atoms with van der Waals surface area (Å²) in [6, 6.07) is 0. The highest BCUT2D eigenvalue weighted by atomic mass is 15.1. The zero-order valence-electron chi connectivity index (χ0n) is 12.6. The number of hydrogen-bond donors (Lipinski definition) is 0. The van der Waals surface area contributed by atoms with Gasteiger partial charge in [-0.05, 0) is 37.8 Å². The lowest BCUT2D eigenvalue weighted by molar-refractivity contribution is 0.0726. The lowest BCUT2D eigenvalue weighted by atomic mass is 9.66. The van der Waals surface area contributed by atoms with Crippen molar-refractivity contribution in [3.8, 4) is 0 Å². The maximum absolute atomic E-state index is 2.50. The monoisotopic (exact) mass is 227 g/mol. The molecule has 0 spiro atoms. The average Bonchev–Trinajstić information content (AvgIpc) is 2.17. The van der Waals surface area contributed by atoms with Crippen LogP contribution in [0.15, 0.2) is 0 Å². The van der Waals surface area contributed by atoms with Crippen LogP contribution in [0.2, 0.25) is 0 Å². The Bertz CT molecular complexity index is 176. The van der Waals surface area contributed by atoms with E-state index in [4.69, 9.17) is 0 Å². The number of rotatable bonds is 8. The molecule has 1 heteroatoms.